The molecule has 0 saturated heterocycles. The van der Waals surface area contributed by atoms with Gasteiger partial charge in [0.05, 0.1) is 0 Å². The Labute approximate surface area is 143 Å². The third kappa shape index (κ3) is 5.17. The molecule has 1 aromatic carbocycles. The molecule has 0 radical (unpaired) electrons. The quantitative estimate of drug-likeness (QED) is 0.769. The van der Waals surface area contributed by atoms with Crippen LogP contribution in [0.1, 0.15) is 22.7 Å². The number of benzene rings is 1. The van der Waals surface area contributed by atoms with Crippen molar-refractivity contribution in [3.63, 3.8) is 0 Å². The van der Waals surface area contributed by atoms with E-state index in [-0.39, 0.29) is 18.7 Å². The molecule has 2 rings (SSSR count). The Balaban J connectivity index is 2.05. The van der Waals surface area contributed by atoms with Gasteiger partial charge in [-0.3, -0.25) is 9.59 Å². The van der Waals surface area contributed by atoms with Crippen LogP contribution in [0.2, 0.25) is 0 Å². The fourth-order valence-corrected chi connectivity index (χ4v) is 2.06. The minimum absolute atomic E-state index is 0.0167. The summed E-state index contributed by atoms with van der Waals surface area (Å²) in [6, 6.07) is 8.15. The van der Waals surface area contributed by atoms with Crippen molar-refractivity contribution in [1.29, 1.82) is 0 Å². The Morgan fingerprint density at radius 3 is 2.40 bits per heavy atom. The number of primary amides is 1. The second-order valence-corrected chi connectivity index (χ2v) is 5.22. The second kappa shape index (κ2) is 8.09. The largest absolute Gasteiger partial charge is 0.454 e. The number of halogens is 1. The molecule has 0 aliphatic rings. The molecule has 0 spiro atoms. The SMILES string of the molecule is Cc1ccc(C(=O)OCC(=O)N(CCC(N)=O)c2ccc(F)cc2)o1. The molecule has 1 aromatic heterocycles. The highest BCUT2D eigenvalue weighted by molar-refractivity contribution is 5.97. The predicted octanol–water partition coefficient (Wildman–Crippen LogP) is 1.79. The number of ether oxygens (including phenoxy) is 1. The smallest absolute Gasteiger partial charge is 0.374 e. The highest BCUT2D eigenvalue weighted by atomic mass is 19.1. The van der Waals surface area contributed by atoms with Crippen LogP contribution in [0.4, 0.5) is 10.1 Å². The molecule has 2 N–H and O–H groups in total. The number of amides is 2. The van der Waals surface area contributed by atoms with Crippen LogP contribution in [0.15, 0.2) is 40.8 Å². The minimum Gasteiger partial charge on any atom is -0.454 e. The van der Waals surface area contributed by atoms with Gasteiger partial charge in [-0.1, -0.05) is 0 Å². The van der Waals surface area contributed by atoms with Gasteiger partial charge in [0, 0.05) is 18.7 Å². The average molecular weight is 348 g/mol. The van der Waals surface area contributed by atoms with Gasteiger partial charge in [0.15, 0.2) is 6.61 Å². The van der Waals surface area contributed by atoms with Crippen molar-refractivity contribution in [1.82, 2.24) is 0 Å². The molecule has 2 aromatic rings. The van der Waals surface area contributed by atoms with Crippen molar-refractivity contribution < 1.29 is 27.9 Å². The lowest BCUT2D eigenvalue weighted by atomic mass is 10.2. The van der Waals surface area contributed by atoms with Crippen LogP contribution in [-0.2, 0) is 14.3 Å². The normalized spacial score (nSPS) is 10.3. The summed E-state index contributed by atoms with van der Waals surface area (Å²) < 4.78 is 23.1. The Kier molecular flexibility index (Phi) is 5.89. The van der Waals surface area contributed by atoms with E-state index in [1.165, 1.54) is 35.2 Å². The number of aryl methyl sites for hydroxylation is 1. The molecule has 8 heteroatoms. The summed E-state index contributed by atoms with van der Waals surface area (Å²) >= 11 is 0. The number of furan rings is 1. The average Bonchev–Trinajstić information content (AvgIpc) is 3.00. The Morgan fingerprint density at radius 2 is 1.84 bits per heavy atom. The molecule has 0 aliphatic heterocycles. The Hall–Kier alpha value is -3.16. The predicted molar refractivity (Wildman–Crippen MR) is 86.3 cm³/mol. The molecule has 1 heterocycles. The maximum atomic E-state index is 13.1. The Bertz CT molecular complexity index is 770. The van der Waals surface area contributed by atoms with Gasteiger partial charge >= 0.3 is 5.97 Å². The van der Waals surface area contributed by atoms with Crippen molar-refractivity contribution in [2.24, 2.45) is 5.73 Å². The highest BCUT2D eigenvalue weighted by Gasteiger charge is 2.20. The number of hydrogen-bond donors (Lipinski definition) is 1. The van der Waals surface area contributed by atoms with Gasteiger partial charge in [0.25, 0.3) is 5.91 Å². The second-order valence-electron chi connectivity index (χ2n) is 5.22. The standard InChI is InChI=1S/C17H17FN2O5/c1-11-2-7-14(25-11)17(23)24-10-16(22)20(9-8-15(19)21)13-5-3-12(18)4-6-13/h2-7H,8-10H2,1H3,(H2,19,21). The summed E-state index contributed by atoms with van der Waals surface area (Å²) in [6.45, 7) is 1.09. The van der Waals surface area contributed by atoms with Crippen LogP contribution in [0.5, 0.6) is 0 Å². The van der Waals surface area contributed by atoms with E-state index in [1.807, 2.05) is 0 Å². The summed E-state index contributed by atoms with van der Waals surface area (Å²) in [4.78, 5) is 36.4. The van der Waals surface area contributed by atoms with E-state index in [0.29, 0.717) is 11.4 Å². The van der Waals surface area contributed by atoms with Crippen molar-refractivity contribution in [3.05, 3.63) is 53.7 Å². The maximum absolute atomic E-state index is 13.1. The first-order valence-corrected chi connectivity index (χ1v) is 7.44. The van der Waals surface area contributed by atoms with Crippen LogP contribution >= 0.6 is 0 Å². The van der Waals surface area contributed by atoms with Crippen LogP contribution in [0.25, 0.3) is 0 Å². The number of rotatable bonds is 7. The summed E-state index contributed by atoms with van der Waals surface area (Å²) in [7, 11) is 0. The summed E-state index contributed by atoms with van der Waals surface area (Å²) in [5, 5.41) is 0. The van der Waals surface area contributed by atoms with Crippen LogP contribution < -0.4 is 10.6 Å². The zero-order chi connectivity index (χ0) is 18.4. The fourth-order valence-electron chi connectivity index (χ4n) is 2.06. The summed E-state index contributed by atoms with van der Waals surface area (Å²) in [5.41, 5.74) is 5.47. The lowest BCUT2D eigenvalue weighted by Gasteiger charge is -2.22. The zero-order valence-corrected chi connectivity index (χ0v) is 13.5. The molecule has 0 aliphatic carbocycles. The minimum atomic E-state index is -0.782. The number of nitrogens with zero attached hydrogens (tertiary/aromatic N) is 1. The first-order chi connectivity index (χ1) is 11.9. The third-order valence-electron chi connectivity index (χ3n) is 3.29. The number of esters is 1. The van der Waals surface area contributed by atoms with Gasteiger partial charge < -0.3 is 19.8 Å². The van der Waals surface area contributed by atoms with Crippen LogP contribution in [-0.4, -0.2) is 30.9 Å². The molecular weight excluding hydrogens is 331 g/mol. The number of carbonyl (C=O) groups is 3. The first-order valence-electron chi connectivity index (χ1n) is 7.44. The highest BCUT2D eigenvalue weighted by Crippen LogP contribution is 2.16. The van der Waals surface area contributed by atoms with Gasteiger partial charge in [-0.05, 0) is 43.3 Å². The monoisotopic (exact) mass is 348 g/mol. The molecule has 0 unspecified atom stereocenters. The molecular formula is C17H17FN2O5. The lowest BCUT2D eigenvalue weighted by molar-refractivity contribution is -0.122. The van der Waals surface area contributed by atoms with Gasteiger partial charge in [-0.15, -0.1) is 0 Å². The van der Waals surface area contributed by atoms with E-state index >= 15 is 0 Å². The van der Waals surface area contributed by atoms with E-state index in [4.69, 9.17) is 14.9 Å². The lowest BCUT2D eigenvalue weighted by Crippen LogP contribution is -2.37. The van der Waals surface area contributed by atoms with Gasteiger partial charge in [0.1, 0.15) is 11.6 Å². The molecule has 0 saturated carbocycles. The van der Waals surface area contributed by atoms with Crippen molar-refractivity contribution >= 4 is 23.5 Å². The molecule has 0 atom stereocenters. The van der Waals surface area contributed by atoms with Crippen molar-refractivity contribution in [2.45, 2.75) is 13.3 Å². The summed E-state index contributed by atoms with van der Waals surface area (Å²) in [6.07, 6.45) is -0.0888. The molecule has 132 valence electrons. The molecule has 0 fully saturated rings. The number of hydrogen-bond acceptors (Lipinski definition) is 5. The van der Waals surface area contributed by atoms with E-state index in [9.17, 15) is 18.8 Å². The van der Waals surface area contributed by atoms with E-state index in [2.05, 4.69) is 0 Å². The molecule has 7 nitrogen and oxygen atoms in total. The topological polar surface area (TPSA) is 103 Å². The molecule has 0 bridgehead atoms. The molecule has 25 heavy (non-hydrogen) atoms. The van der Waals surface area contributed by atoms with E-state index in [0.717, 1.165) is 0 Å². The maximum Gasteiger partial charge on any atom is 0.374 e. The van der Waals surface area contributed by atoms with Crippen molar-refractivity contribution in [3.8, 4) is 0 Å². The van der Waals surface area contributed by atoms with Gasteiger partial charge in [-0.25, -0.2) is 9.18 Å². The van der Waals surface area contributed by atoms with Crippen LogP contribution in [0, 0.1) is 12.7 Å². The van der Waals surface area contributed by atoms with Crippen molar-refractivity contribution in [2.75, 3.05) is 18.1 Å². The third-order valence-corrected chi connectivity index (χ3v) is 3.29. The zero-order valence-electron chi connectivity index (χ0n) is 13.5. The first kappa shape index (κ1) is 18.2. The molecule has 2 amide bonds. The number of carbonyl (C=O) groups excluding carboxylic acids is 3. The summed E-state index contributed by atoms with van der Waals surface area (Å²) in [5.74, 6) is -1.91. The van der Waals surface area contributed by atoms with E-state index < -0.39 is 30.2 Å². The van der Waals surface area contributed by atoms with E-state index in [1.54, 1.807) is 13.0 Å². The van der Waals surface area contributed by atoms with Gasteiger partial charge in [-0.2, -0.15) is 0 Å². The van der Waals surface area contributed by atoms with Crippen LogP contribution in [0.3, 0.4) is 0 Å². The number of anilines is 1. The number of nitrogens with two attached hydrogens (primary N) is 1. The van der Waals surface area contributed by atoms with Gasteiger partial charge in [0.2, 0.25) is 11.7 Å². The Morgan fingerprint density at radius 1 is 1.16 bits per heavy atom. The fraction of sp³-hybridized carbons (Fsp3) is 0.235.